The van der Waals surface area contributed by atoms with Crippen LogP contribution in [0.2, 0.25) is 0 Å². The molecule has 0 spiro atoms. The summed E-state index contributed by atoms with van der Waals surface area (Å²) >= 11 is 0. The minimum Gasteiger partial charge on any atom is -0.497 e. The van der Waals surface area contributed by atoms with Crippen LogP contribution in [0, 0.1) is 5.41 Å². The highest BCUT2D eigenvalue weighted by atomic mass is 19.4. The molecule has 0 unspecified atom stereocenters. The van der Waals surface area contributed by atoms with Crippen molar-refractivity contribution in [2.45, 2.75) is 51.9 Å². The summed E-state index contributed by atoms with van der Waals surface area (Å²) in [4.78, 5) is 38.8. The maximum atomic E-state index is 14.3. The Labute approximate surface area is 172 Å². The molecule has 2 amide bonds. The number of hydrogen-bond acceptors (Lipinski definition) is 4. The average Bonchev–Trinajstić information content (AvgIpc) is 2.84. The number of halogens is 3. The lowest BCUT2D eigenvalue weighted by Crippen LogP contribution is -2.65. The Balaban J connectivity index is 2.16. The van der Waals surface area contributed by atoms with Gasteiger partial charge in [0.2, 0.25) is 11.4 Å². The van der Waals surface area contributed by atoms with Gasteiger partial charge in [-0.2, -0.15) is 13.2 Å². The third kappa shape index (κ3) is 3.46. The Morgan fingerprint density at radius 1 is 1.17 bits per heavy atom. The molecule has 0 saturated heterocycles. The zero-order chi connectivity index (χ0) is 22.5. The number of carbonyl (C=O) groups excluding carboxylic acids is 3. The number of rotatable bonds is 4. The number of Topliss-reactive ketones (excluding diaryl/α,β-unsaturated/α-hetero) is 1. The van der Waals surface area contributed by atoms with Crippen molar-refractivity contribution in [2.75, 3.05) is 7.11 Å². The summed E-state index contributed by atoms with van der Waals surface area (Å²) in [6.45, 7) is 4.25. The Hall–Kier alpha value is -2.84. The zero-order valence-electron chi connectivity index (χ0n) is 17.1. The number of methoxy groups -OCH3 is 1. The van der Waals surface area contributed by atoms with Crippen molar-refractivity contribution in [1.82, 2.24) is 10.2 Å². The monoisotopic (exact) mass is 424 g/mol. The molecule has 30 heavy (non-hydrogen) atoms. The molecular weight excluding hydrogens is 401 g/mol. The summed E-state index contributed by atoms with van der Waals surface area (Å²) in [5.74, 6) is -2.63. The van der Waals surface area contributed by atoms with Crippen molar-refractivity contribution in [3.63, 3.8) is 0 Å². The maximum Gasteiger partial charge on any atom is 0.425 e. The van der Waals surface area contributed by atoms with Crippen molar-refractivity contribution in [3.8, 4) is 5.75 Å². The van der Waals surface area contributed by atoms with Gasteiger partial charge in [-0.15, -0.1) is 0 Å². The van der Waals surface area contributed by atoms with E-state index in [1.165, 1.54) is 7.11 Å². The molecule has 1 N–H and O–H groups in total. The smallest absolute Gasteiger partial charge is 0.425 e. The van der Waals surface area contributed by atoms with Crippen LogP contribution in [0.5, 0.6) is 5.75 Å². The number of ketones is 1. The second-order valence-corrected chi connectivity index (χ2v) is 8.43. The van der Waals surface area contributed by atoms with Crippen molar-refractivity contribution in [1.29, 1.82) is 0 Å². The summed E-state index contributed by atoms with van der Waals surface area (Å²) < 4.78 is 48.0. The number of nitrogens with zero attached hydrogens (tertiary/aromatic N) is 1. The standard InChI is InChI=1S/C21H23F3N2O4/c1-12(27)25-20(21(22,23)24)17-15(9-19(2,3)10-16(17)28)26(18(20)29)11-13-5-7-14(30-4)8-6-13/h5-8H,9-11H2,1-4H3,(H,25,27)/t20-/m1/s1. The summed E-state index contributed by atoms with van der Waals surface area (Å²) in [6, 6.07) is 6.53. The van der Waals surface area contributed by atoms with E-state index in [-0.39, 0.29) is 25.1 Å². The van der Waals surface area contributed by atoms with E-state index in [1.807, 2.05) is 0 Å². The molecule has 9 heteroatoms. The highest BCUT2D eigenvalue weighted by Crippen LogP contribution is 2.52. The summed E-state index contributed by atoms with van der Waals surface area (Å²) in [6.07, 6.45) is -5.22. The lowest BCUT2D eigenvalue weighted by molar-refractivity contribution is -0.194. The van der Waals surface area contributed by atoms with E-state index in [1.54, 1.807) is 43.4 Å². The molecule has 1 aliphatic carbocycles. The fraction of sp³-hybridized carbons (Fsp3) is 0.476. The first-order chi connectivity index (χ1) is 13.8. The topological polar surface area (TPSA) is 75.7 Å². The van der Waals surface area contributed by atoms with Crippen LogP contribution in [0.4, 0.5) is 13.2 Å². The van der Waals surface area contributed by atoms with Gasteiger partial charge in [0, 0.05) is 19.0 Å². The number of amides is 2. The predicted octanol–water partition coefficient (Wildman–Crippen LogP) is 3.12. The number of nitrogens with one attached hydrogen (secondary N) is 1. The number of ether oxygens (including phenoxy) is 1. The van der Waals surface area contributed by atoms with Crippen LogP contribution in [-0.4, -0.2) is 41.3 Å². The molecule has 0 aromatic heterocycles. The number of allylic oxidation sites excluding steroid dienone is 1. The van der Waals surface area contributed by atoms with Gasteiger partial charge in [-0.25, -0.2) is 0 Å². The molecule has 2 aliphatic rings. The molecule has 0 radical (unpaired) electrons. The molecule has 1 aliphatic heterocycles. The van der Waals surface area contributed by atoms with Gasteiger partial charge >= 0.3 is 6.18 Å². The van der Waals surface area contributed by atoms with Gasteiger partial charge in [0.1, 0.15) is 5.75 Å². The van der Waals surface area contributed by atoms with E-state index < -0.39 is 40.3 Å². The highest BCUT2D eigenvalue weighted by Gasteiger charge is 2.71. The molecule has 162 valence electrons. The number of alkyl halides is 3. The third-order valence-corrected chi connectivity index (χ3v) is 5.41. The van der Waals surface area contributed by atoms with E-state index in [0.717, 1.165) is 11.8 Å². The van der Waals surface area contributed by atoms with Crippen molar-refractivity contribution in [2.24, 2.45) is 5.41 Å². The Bertz CT molecular complexity index is 935. The second-order valence-electron chi connectivity index (χ2n) is 8.43. The average molecular weight is 424 g/mol. The Kier molecular flexibility index (Phi) is 5.20. The van der Waals surface area contributed by atoms with Gasteiger partial charge in [0.05, 0.1) is 19.2 Å². The van der Waals surface area contributed by atoms with E-state index in [2.05, 4.69) is 0 Å². The Morgan fingerprint density at radius 2 is 1.77 bits per heavy atom. The van der Waals surface area contributed by atoms with E-state index in [4.69, 9.17) is 4.74 Å². The van der Waals surface area contributed by atoms with E-state index in [0.29, 0.717) is 11.3 Å². The normalized spacial score (nSPS) is 23.5. The van der Waals surface area contributed by atoms with Gasteiger partial charge in [0.15, 0.2) is 5.78 Å². The molecule has 0 saturated carbocycles. The van der Waals surface area contributed by atoms with E-state index in [9.17, 15) is 27.6 Å². The SMILES string of the molecule is COc1ccc(CN2C(=O)[C@@](NC(C)=O)(C(F)(F)F)C3=C2CC(C)(C)CC3=O)cc1. The first kappa shape index (κ1) is 21.9. The third-order valence-electron chi connectivity index (χ3n) is 5.41. The van der Waals surface area contributed by atoms with Gasteiger partial charge in [-0.05, 0) is 29.5 Å². The number of carbonyl (C=O) groups is 3. The van der Waals surface area contributed by atoms with Crippen LogP contribution in [0.1, 0.15) is 39.2 Å². The Morgan fingerprint density at radius 3 is 2.27 bits per heavy atom. The van der Waals surface area contributed by atoms with Crippen LogP contribution < -0.4 is 10.1 Å². The molecule has 0 bridgehead atoms. The molecule has 6 nitrogen and oxygen atoms in total. The zero-order valence-corrected chi connectivity index (χ0v) is 17.1. The summed E-state index contributed by atoms with van der Waals surface area (Å²) in [5.41, 5.74) is -4.07. The largest absolute Gasteiger partial charge is 0.497 e. The second kappa shape index (κ2) is 7.14. The van der Waals surface area contributed by atoms with E-state index >= 15 is 0 Å². The fourth-order valence-electron chi connectivity index (χ4n) is 4.17. The van der Waals surface area contributed by atoms with Crippen LogP contribution >= 0.6 is 0 Å². The maximum absolute atomic E-state index is 14.3. The molecule has 1 atom stereocenters. The first-order valence-corrected chi connectivity index (χ1v) is 9.39. The molecule has 1 aromatic carbocycles. The first-order valence-electron chi connectivity index (χ1n) is 9.39. The lowest BCUT2D eigenvalue weighted by atomic mass is 9.72. The van der Waals surface area contributed by atoms with Crippen molar-refractivity contribution in [3.05, 3.63) is 41.1 Å². The van der Waals surface area contributed by atoms with Crippen molar-refractivity contribution < 1.29 is 32.3 Å². The molecule has 1 heterocycles. The van der Waals surface area contributed by atoms with Crippen LogP contribution in [0.15, 0.2) is 35.5 Å². The van der Waals surface area contributed by atoms with Gasteiger partial charge in [0.25, 0.3) is 5.91 Å². The minimum atomic E-state index is -5.18. The number of benzene rings is 1. The van der Waals surface area contributed by atoms with Gasteiger partial charge < -0.3 is 15.0 Å². The molecule has 0 fully saturated rings. The quantitative estimate of drug-likeness (QED) is 0.806. The predicted molar refractivity (Wildman–Crippen MR) is 101 cm³/mol. The van der Waals surface area contributed by atoms with Crippen LogP contribution in [-0.2, 0) is 20.9 Å². The summed E-state index contributed by atoms with van der Waals surface area (Å²) in [7, 11) is 1.48. The van der Waals surface area contributed by atoms with Gasteiger partial charge in [-0.3, -0.25) is 14.4 Å². The summed E-state index contributed by atoms with van der Waals surface area (Å²) in [5, 5.41) is 1.78. The number of hydrogen-bond donors (Lipinski definition) is 1. The minimum absolute atomic E-state index is 0.0168. The lowest BCUT2D eigenvalue weighted by Gasteiger charge is -2.35. The fourth-order valence-corrected chi connectivity index (χ4v) is 4.17. The molecule has 1 aromatic rings. The highest BCUT2D eigenvalue weighted by molar-refractivity contribution is 6.13. The van der Waals surface area contributed by atoms with Crippen LogP contribution in [0.25, 0.3) is 0 Å². The molecule has 3 rings (SSSR count). The molecular formula is C21H23F3N2O4. The van der Waals surface area contributed by atoms with Crippen LogP contribution in [0.3, 0.4) is 0 Å². The van der Waals surface area contributed by atoms with Gasteiger partial charge in [-0.1, -0.05) is 26.0 Å². The van der Waals surface area contributed by atoms with Crippen molar-refractivity contribution >= 4 is 17.6 Å².